The van der Waals surface area contributed by atoms with Gasteiger partial charge in [0.05, 0.1) is 0 Å². The zero-order valence-electron chi connectivity index (χ0n) is 12.3. The van der Waals surface area contributed by atoms with Crippen LogP contribution in [0.4, 0.5) is 0 Å². The molecule has 1 fully saturated rings. The van der Waals surface area contributed by atoms with Gasteiger partial charge in [0.25, 0.3) is 0 Å². The molecule has 0 N–H and O–H groups in total. The molecule has 0 saturated heterocycles. The minimum absolute atomic E-state index is 0.979. The Morgan fingerprint density at radius 1 is 0.588 bits per heavy atom. The zero-order chi connectivity index (χ0) is 12.3. The van der Waals surface area contributed by atoms with Crippen molar-refractivity contribution >= 4 is 7.85 Å². The lowest BCUT2D eigenvalue weighted by atomic mass is 9.78. The van der Waals surface area contributed by atoms with Crippen LogP contribution in [0.2, 0.25) is 5.82 Å². The van der Waals surface area contributed by atoms with Crippen LogP contribution < -0.4 is 0 Å². The van der Waals surface area contributed by atoms with Crippen LogP contribution in [-0.4, -0.2) is 7.85 Å². The largest absolute Gasteiger partial charge is 0.105 e. The topological polar surface area (TPSA) is 0 Å². The Bertz CT molecular complexity index is 149. The first-order chi connectivity index (χ1) is 8.29. The highest BCUT2D eigenvalue weighted by atomic mass is 14.1. The minimum atomic E-state index is 0.979. The van der Waals surface area contributed by atoms with Crippen LogP contribution in [0.3, 0.4) is 0 Å². The highest BCUT2D eigenvalue weighted by Crippen LogP contribution is 2.24. The molecular formula is C16H33B. The van der Waals surface area contributed by atoms with E-state index in [1.165, 1.54) is 83.5 Å². The maximum atomic E-state index is 2.46. The van der Waals surface area contributed by atoms with Gasteiger partial charge in [-0.2, -0.15) is 0 Å². The third-order valence-electron chi connectivity index (χ3n) is 4.54. The molecule has 0 heterocycles. The van der Waals surface area contributed by atoms with Crippen LogP contribution in [-0.2, 0) is 0 Å². The third-order valence-corrected chi connectivity index (χ3v) is 4.54. The standard InChI is InChI=1S/C16H33B/c1-15-11-8-6-4-2-3-5-7-9-13-16(17)14-10-12-15/h15-16H,2-14,17H2,1H3/t15-,16?/m0/s1. The van der Waals surface area contributed by atoms with E-state index in [9.17, 15) is 0 Å². The fraction of sp³-hybridized carbons (Fsp3) is 1.00. The monoisotopic (exact) mass is 236 g/mol. The molecule has 1 saturated carbocycles. The summed E-state index contributed by atoms with van der Waals surface area (Å²) in [6.45, 7) is 2.46. The third kappa shape index (κ3) is 8.74. The van der Waals surface area contributed by atoms with Crippen molar-refractivity contribution in [2.75, 3.05) is 0 Å². The maximum Gasteiger partial charge on any atom is 0.105 e. The second-order valence-corrected chi connectivity index (χ2v) is 6.55. The lowest BCUT2D eigenvalue weighted by Crippen LogP contribution is -1.98. The van der Waals surface area contributed by atoms with Gasteiger partial charge < -0.3 is 0 Å². The van der Waals surface area contributed by atoms with Gasteiger partial charge in [-0.1, -0.05) is 96.2 Å². The van der Waals surface area contributed by atoms with E-state index >= 15 is 0 Å². The molecule has 1 aliphatic rings. The zero-order valence-corrected chi connectivity index (χ0v) is 12.3. The summed E-state index contributed by atoms with van der Waals surface area (Å²) < 4.78 is 0. The van der Waals surface area contributed by atoms with Crippen molar-refractivity contribution in [2.24, 2.45) is 5.92 Å². The van der Waals surface area contributed by atoms with Crippen molar-refractivity contribution in [3.05, 3.63) is 0 Å². The summed E-state index contributed by atoms with van der Waals surface area (Å²) in [5.41, 5.74) is 0. The molecule has 0 aromatic rings. The molecule has 0 nitrogen and oxygen atoms in total. The minimum Gasteiger partial charge on any atom is -0.0697 e. The van der Waals surface area contributed by atoms with Gasteiger partial charge in [-0.15, -0.1) is 0 Å². The highest BCUT2D eigenvalue weighted by molar-refractivity contribution is 6.11. The van der Waals surface area contributed by atoms with Crippen LogP contribution in [0.5, 0.6) is 0 Å². The Hall–Kier alpha value is 0.0649. The van der Waals surface area contributed by atoms with Gasteiger partial charge in [-0.3, -0.25) is 0 Å². The normalized spacial score (nSPS) is 31.4. The summed E-state index contributed by atoms with van der Waals surface area (Å²) in [6, 6.07) is 0. The molecule has 0 radical (unpaired) electrons. The van der Waals surface area contributed by atoms with Crippen molar-refractivity contribution in [2.45, 2.75) is 96.2 Å². The van der Waals surface area contributed by atoms with Crippen LogP contribution in [0.25, 0.3) is 0 Å². The summed E-state index contributed by atoms with van der Waals surface area (Å²) >= 11 is 0. The molecule has 0 aromatic carbocycles. The number of hydrogen-bond acceptors (Lipinski definition) is 0. The Morgan fingerprint density at radius 2 is 1.00 bits per heavy atom. The Labute approximate surface area is 110 Å². The molecule has 1 aliphatic carbocycles. The van der Waals surface area contributed by atoms with Crippen LogP contribution >= 0.6 is 0 Å². The molecule has 0 amide bonds. The maximum absolute atomic E-state index is 2.46. The first-order valence-electron chi connectivity index (χ1n) is 8.29. The molecule has 1 unspecified atom stereocenters. The molecule has 0 aliphatic heterocycles. The van der Waals surface area contributed by atoms with Crippen LogP contribution in [0, 0.1) is 5.92 Å². The molecular weight excluding hydrogens is 203 g/mol. The fourth-order valence-corrected chi connectivity index (χ4v) is 3.15. The van der Waals surface area contributed by atoms with Crippen LogP contribution in [0.15, 0.2) is 0 Å². The van der Waals surface area contributed by atoms with Gasteiger partial charge in [0, 0.05) is 0 Å². The van der Waals surface area contributed by atoms with Crippen molar-refractivity contribution in [1.29, 1.82) is 0 Å². The van der Waals surface area contributed by atoms with Gasteiger partial charge in [0.2, 0.25) is 0 Å². The van der Waals surface area contributed by atoms with E-state index in [1.54, 1.807) is 0 Å². The smallest absolute Gasteiger partial charge is 0.0697 e. The van der Waals surface area contributed by atoms with E-state index < -0.39 is 0 Å². The van der Waals surface area contributed by atoms with E-state index in [0.29, 0.717) is 0 Å². The predicted octanol–water partition coefficient (Wildman–Crippen LogP) is 5.13. The molecule has 1 rings (SSSR count). The first-order valence-corrected chi connectivity index (χ1v) is 8.29. The number of hydrogen-bond donors (Lipinski definition) is 0. The fourth-order valence-electron chi connectivity index (χ4n) is 3.15. The molecule has 100 valence electrons. The molecule has 2 atom stereocenters. The van der Waals surface area contributed by atoms with Gasteiger partial charge in [0.1, 0.15) is 7.85 Å². The summed E-state index contributed by atoms with van der Waals surface area (Å²) in [4.78, 5) is 0. The second-order valence-electron chi connectivity index (χ2n) is 6.55. The van der Waals surface area contributed by atoms with Gasteiger partial charge in [-0.25, -0.2) is 0 Å². The van der Waals surface area contributed by atoms with Gasteiger partial charge in [0.15, 0.2) is 0 Å². The van der Waals surface area contributed by atoms with Crippen molar-refractivity contribution in [3.8, 4) is 0 Å². The van der Waals surface area contributed by atoms with Crippen molar-refractivity contribution < 1.29 is 0 Å². The lowest BCUT2D eigenvalue weighted by molar-refractivity contribution is 0.435. The van der Waals surface area contributed by atoms with Gasteiger partial charge >= 0.3 is 0 Å². The predicted molar refractivity (Wildman–Crippen MR) is 81.5 cm³/mol. The molecule has 17 heavy (non-hydrogen) atoms. The summed E-state index contributed by atoms with van der Waals surface area (Å²) in [5, 5.41) is 0. The molecule has 0 aromatic heterocycles. The van der Waals surface area contributed by atoms with E-state index in [1.807, 2.05) is 0 Å². The average molecular weight is 236 g/mol. The Morgan fingerprint density at radius 3 is 1.65 bits per heavy atom. The quantitative estimate of drug-likeness (QED) is 0.511. The molecule has 0 bridgehead atoms. The van der Waals surface area contributed by atoms with Crippen LogP contribution in [0.1, 0.15) is 90.4 Å². The van der Waals surface area contributed by atoms with E-state index in [4.69, 9.17) is 0 Å². The summed E-state index contributed by atoms with van der Waals surface area (Å²) in [6.07, 6.45) is 19.3. The summed E-state index contributed by atoms with van der Waals surface area (Å²) in [5.74, 6) is 1.96. The van der Waals surface area contributed by atoms with Gasteiger partial charge in [-0.05, 0) is 5.92 Å². The van der Waals surface area contributed by atoms with Crippen molar-refractivity contribution in [3.63, 3.8) is 0 Å². The SMILES string of the molecule is BC1CCCCCCCCCC[C@H](C)CCC1. The lowest BCUT2D eigenvalue weighted by Gasteiger charge is -2.14. The number of rotatable bonds is 0. The van der Waals surface area contributed by atoms with E-state index in [0.717, 1.165) is 11.7 Å². The Kier molecular flexibility index (Phi) is 8.92. The molecule has 0 spiro atoms. The first kappa shape index (κ1) is 15.1. The average Bonchev–Trinajstić information content (AvgIpc) is 2.31. The molecule has 1 heteroatoms. The highest BCUT2D eigenvalue weighted by Gasteiger charge is 2.06. The van der Waals surface area contributed by atoms with E-state index in [-0.39, 0.29) is 0 Å². The Balaban J connectivity index is 2.20. The summed E-state index contributed by atoms with van der Waals surface area (Å²) in [7, 11) is 2.46. The van der Waals surface area contributed by atoms with Crippen molar-refractivity contribution in [1.82, 2.24) is 0 Å². The van der Waals surface area contributed by atoms with E-state index in [2.05, 4.69) is 14.8 Å². The second kappa shape index (κ2) is 10.0.